The van der Waals surface area contributed by atoms with E-state index in [2.05, 4.69) is 15.3 Å². The van der Waals surface area contributed by atoms with Crippen molar-refractivity contribution < 1.29 is 9.53 Å². The van der Waals surface area contributed by atoms with Crippen molar-refractivity contribution in [1.82, 2.24) is 20.0 Å². The fraction of sp³-hybridized carbons (Fsp3) is 0.524. The summed E-state index contributed by atoms with van der Waals surface area (Å²) in [5.41, 5.74) is 1.90. The van der Waals surface area contributed by atoms with Gasteiger partial charge in [-0.15, -0.1) is 0 Å². The van der Waals surface area contributed by atoms with Crippen molar-refractivity contribution in [3.63, 3.8) is 0 Å². The van der Waals surface area contributed by atoms with Crippen LogP contribution in [0.25, 0.3) is 0 Å². The summed E-state index contributed by atoms with van der Waals surface area (Å²) >= 11 is 0. The Hall–Kier alpha value is -2.18. The minimum absolute atomic E-state index is 0.0110. The van der Waals surface area contributed by atoms with E-state index >= 15 is 0 Å². The molecular formula is C21H28N4O2. The number of nitrogens with zero attached hydrogens (tertiary/aromatic N) is 3. The molecule has 2 heterocycles. The van der Waals surface area contributed by atoms with Crippen LogP contribution in [-0.2, 0) is 11.3 Å². The van der Waals surface area contributed by atoms with Crippen molar-refractivity contribution in [2.75, 3.05) is 32.8 Å². The molecule has 1 aliphatic heterocycles. The number of hydrogen-bond donors (Lipinski definition) is 1. The molecule has 1 amide bonds. The third kappa shape index (κ3) is 4.22. The average Bonchev–Trinajstić information content (AvgIpc) is 3.40. The molecule has 1 aromatic carbocycles. The third-order valence-electron chi connectivity index (χ3n) is 5.89. The second-order valence-electron chi connectivity index (χ2n) is 7.62. The van der Waals surface area contributed by atoms with Crippen molar-refractivity contribution in [3.8, 4) is 0 Å². The minimum atomic E-state index is 0.0110. The van der Waals surface area contributed by atoms with Gasteiger partial charge in [0.1, 0.15) is 0 Å². The number of aromatic nitrogens is 2. The summed E-state index contributed by atoms with van der Waals surface area (Å²) in [6.45, 7) is 4.92. The first-order valence-electron chi connectivity index (χ1n) is 9.93. The largest absolute Gasteiger partial charge is 0.379 e. The number of carbonyl (C=O) groups excluding carboxylic acids is 1. The van der Waals surface area contributed by atoms with Gasteiger partial charge in [-0.3, -0.25) is 14.4 Å². The molecule has 1 saturated heterocycles. The number of ether oxygens (including phenoxy) is 1. The number of hydrogen-bond acceptors (Lipinski definition) is 4. The average molecular weight is 368 g/mol. The molecule has 0 unspecified atom stereocenters. The first-order chi connectivity index (χ1) is 13.3. The molecule has 6 nitrogen and oxygen atoms in total. The van der Waals surface area contributed by atoms with Crippen LogP contribution in [0.3, 0.4) is 0 Å². The topological polar surface area (TPSA) is 59.4 Å². The number of morpholine rings is 1. The molecule has 0 spiro atoms. The molecule has 0 radical (unpaired) electrons. The molecule has 2 aliphatic rings. The lowest BCUT2D eigenvalue weighted by atomic mass is 9.94. The monoisotopic (exact) mass is 368 g/mol. The van der Waals surface area contributed by atoms with Gasteiger partial charge in [0.25, 0.3) is 5.91 Å². The van der Waals surface area contributed by atoms with Crippen molar-refractivity contribution in [2.45, 2.75) is 37.8 Å². The van der Waals surface area contributed by atoms with Gasteiger partial charge in [-0.25, -0.2) is 0 Å². The second kappa shape index (κ2) is 8.23. The fourth-order valence-electron chi connectivity index (χ4n) is 4.41. The van der Waals surface area contributed by atoms with Crippen molar-refractivity contribution >= 4 is 5.91 Å². The van der Waals surface area contributed by atoms with E-state index < -0.39 is 0 Å². The van der Waals surface area contributed by atoms with Gasteiger partial charge in [-0.2, -0.15) is 5.10 Å². The highest BCUT2D eigenvalue weighted by molar-refractivity contribution is 5.94. The summed E-state index contributed by atoms with van der Waals surface area (Å²) < 4.78 is 7.38. The Kier molecular flexibility index (Phi) is 5.55. The van der Waals surface area contributed by atoms with Crippen molar-refractivity contribution in [2.24, 2.45) is 0 Å². The van der Waals surface area contributed by atoms with Gasteiger partial charge in [-0.1, -0.05) is 25.0 Å². The van der Waals surface area contributed by atoms with E-state index in [0.717, 1.165) is 56.8 Å². The predicted molar refractivity (Wildman–Crippen MR) is 104 cm³/mol. The molecule has 1 aromatic heterocycles. The SMILES string of the molecule is O=C(NCC1(N2CCOCC2)CCCC1)c1cccc(Cn2cccn2)c1. The van der Waals surface area contributed by atoms with E-state index in [9.17, 15) is 4.79 Å². The Balaban J connectivity index is 1.41. The van der Waals surface area contributed by atoms with Crippen LogP contribution in [0.4, 0.5) is 0 Å². The molecule has 27 heavy (non-hydrogen) atoms. The molecule has 4 rings (SSSR count). The van der Waals surface area contributed by atoms with Crippen LogP contribution in [0.2, 0.25) is 0 Å². The fourth-order valence-corrected chi connectivity index (χ4v) is 4.41. The Morgan fingerprint density at radius 1 is 1.19 bits per heavy atom. The highest BCUT2D eigenvalue weighted by Gasteiger charge is 2.40. The molecule has 144 valence electrons. The van der Waals surface area contributed by atoms with E-state index in [4.69, 9.17) is 4.74 Å². The Bertz CT molecular complexity index is 747. The van der Waals surface area contributed by atoms with Gasteiger partial charge in [0, 0.05) is 43.1 Å². The molecule has 1 aliphatic carbocycles. The van der Waals surface area contributed by atoms with Gasteiger partial charge < -0.3 is 10.1 Å². The third-order valence-corrected chi connectivity index (χ3v) is 5.89. The summed E-state index contributed by atoms with van der Waals surface area (Å²) in [6.07, 6.45) is 8.50. The Morgan fingerprint density at radius 3 is 2.74 bits per heavy atom. The predicted octanol–water partition coefficient (Wildman–Crippen LogP) is 2.31. The zero-order valence-corrected chi connectivity index (χ0v) is 15.8. The summed E-state index contributed by atoms with van der Waals surface area (Å²) in [7, 11) is 0. The molecule has 1 N–H and O–H groups in total. The second-order valence-corrected chi connectivity index (χ2v) is 7.62. The standard InChI is InChI=1S/C21H28N4O2/c26-20(19-6-3-5-18(15-19)16-25-10-4-9-23-25)22-17-21(7-1-2-8-21)24-11-13-27-14-12-24/h3-6,9-10,15H,1-2,7-8,11-14,16-17H2,(H,22,26). The lowest BCUT2D eigenvalue weighted by molar-refractivity contribution is -0.0199. The van der Waals surface area contributed by atoms with E-state index in [0.29, 0.717) is 6.54 Å². The van der Waals surface area contributed by atoms with E-state index in [1.54, 1.807) is 6.20 Å². The van der Waals surface area contributed by atoms with Crippen LogP contribution in [0, 0.1) is 0 Å². The van der Waals surface area contributed by atoms with Gasteiger partial charge in [0.05, 0.1) is 19.8 Å². The van der Waals surface area contributed by atoms with E-state index in [1.165, 1.54) is 12.8 Å². The maximum Gasteiger partial charge on any atom is 0.251 e. The molecular weight excluding hydrogens is 340 g/mol. The van der Waals surface area contributed by atoms with Gasteiger partial charge in [0.2, 0.25) is 0 Å². The molecule has 1 saturated carbocycles. The van der Waals surface area contributed by atoms with Crippen LogP contribution in [0.1, 0.15) is 41.6 Å². The maximum atomic E-state index is 12.8. The number of rotatable bonds is 6. The van der Waals surface area contributed by atoms with Gasteiger partial charge >= 0.3 is 0 Å². The molecule has 0 bridgehead atoms. The Morgan fingerprint density at radius 2 is 2.00 bits per heavy atom. The molecule has 2 fully saturated rings. The highest BCUT2D eigenvalue weighted by atomic mass is 16.5. The van der Waals surface area contributed by atoms with Gasteiger partial charge in [0.15, 0.2) is 0 Å². The van der Waals surface area contributed by atoms with Crippen LogP contribution in [0.15, 0.2) is 42.7 Å². The lowest BCUT2D eigenvalue weighted by Crippen LogP contribution is -2.57. The van der Waals surface area contributed by atoms with Crippen LogP contribution in [-0.4, -0.2) is 59.0 Å². The number of nitrogens with one attached hydrogen (secondary N) is 1. The number of carbonyl (C=O) groups is 1. The first kappa shape index (κ1) is 18.2. The normalized spacial score (nSPS) is 19.9. The highest BCUT2D eigenvalue weighted by Crippen LogP contribution is 2.35. The summed E-state index contributed by atoms with van der Waals surface area (Å²) in [5, 5.41) is 7.46. The summed E-state index contributed by atoms with van der Waals surface area (Å²) in [5.74, 6) is 0.0110. The summed E-state index contributed by atoms with van der Waals surface area (Å²) in [4.78, 5) is 15.3. The van der Waals surface area contributed by atoms with Crippen molar-refractivity contribution in [3.05, 3.63) is 53.9 Å². The van der Waals surface area contributed by atoms with Crippen molar-refractivity contribution in [1.29, 1.82) is 0 Å². The zero-order valence-electron chi connectivity index (χ0n) is 15.8. The Labute approximate surface area is 160 Å². The molecule has 0 atom stereocenters. The smallest absolute Gasteiger partial charge is 0.251 e. The molecule has 6 heteroatoms. The van der Waals surface area contributed by atoms with Crippen LogP contribution >= 0.6 is 0 Å². The molecule has 2 aromatic rings. The van der Waals surface area contributed by atoms with Gasteiger partial charge in [-0.05, 0) is 36.6 Å². The quantitative estimate of drug-likeness (QED) is 0.850. The summed E-state index contributed by atoms with van der Waals surface area (Å²) in [6, 6.07) is 9.74. The minimum Gasteiger partial charge on any atom is -0.379 e. The lowest BCUT2D eigenvalue weighted by Gasteiger charge is -2.43. The van der Waals surface area contributed by atoms with E-state index in [-0.39, 0.29) is 11.4 Å². The number of amides is 1. The van der Waals surface area contributed by atoms with Crippen LogP contribution < -0.4 is 5.32 Å². The van der Waals surface area contributed by atoms with E-state index in [1.807, 2.05) is 41.2 Å². The maximum absolute atomic E-state index is 12.8. The number of benzene rings is 1. The first-order valence-corrected chi connectivity index (χ1v) is 9.93. The zero-order chi connectivity index (χ0) is 18.5. The van der Waals surface area contributed by atoms with Crippen LogP contribution in [0.5, 0.6) is 0 Å².